The molecule has 2 atom stereocenters. The molecule has 0 radical (unpaired) electrons. The first-order valence-corrected chi connectivity index (χ1v) is 8.19. The van der Waals surface area contributed by atoms with Crippen LogP contribution < -0.4 is 5.32 Å². The third-order valence-electron chi connectivity index (χ3n) is 4.06. The van der Waals surface area contributed by atoms with E-state index in [1.54, 1.807) is 7.11 Å². The maximum atomic E-state index is 5.09. The van der Waals surface area contributed by atoms with E-state index in [0.717, 1.165) is 63.5 Å². The highest BCUT2D eigenvalue weighted by molar-refractivity contribution is 14.0. The highest BCUT2D eigenvalue weighted by Crippen LogP contribution is 2.20. The molecule has 132 valence electrons. The normalized spacial score (nSPS) is 22.6. The Morgan fingerprint density at radius 2 is 1.91 bits per heavy atom. The zero-order valence-corrected chi connectivity index (χ0v) is 17.3. The lowest BCUT2D eigenvalue weighted by Crippen LogP contribution is -2.48. The van der Waals surface area contributed by atoms with Crippen LogP contribution in [0.5, 0.6) is 0 Å². The Balaban J connectivity index is 0.00000441. The second-order valence-electron chi connectivity index (χ2n) is 6.47. The molecule has 0 bridgehead atoms. The van der Waals surface area contributed by atoms with E-state index in [1.807, 2.05) is 7.05 Å². The van der Waals surface area contributed by atoms with Crippen molar-refractivity contribution in [3.8, 4) is 0 Å². The lowest BCUT2D eigenvalue weighted by atomic mass is 9.92. The van der Waals surface area contributed by atoms with E-state index in [-0.39, 0.29) is 24.0 Å². The van der Waals surface area contributed by atoms with E-state index in [0.29, 0.717) is 0 Å². The maximum absolute atomic E-state index is 5.09. The van der Waals surface area contributed by atoms with E-state index < -0.39 is 0 Å². The minimum Gasteiger partial charge on any atom is -0.383 e. The first-order chi connectivity index (χ1) is 10.1. The summed E-state index contributed by atoms with van der Waals surface area (Å²) < 4.78 is 5.09. The molecule has 0 aromatic rings. The zero-order chi connectivity index (χ0) is 15.7. The predicted molar refractivity (Wildman–Crippen MR) is 105 cm³/mol. The fourth-order valence-corrected chi connectivity index (χ4v) is 3.08. The third kappa shape index (κ3) is 8.53. The lowest BCUT2D eigenvalue weighted by molar-refractivity contribution is 0.160. The van der Waals surface area contributed by atoms with Crippen molar-refractivity contribution in [2.45, 2.75) is 26.7 Å². The molecule has 0 aromatic heterocycles. The summed E-state index contributed by atoms with van der Waals surface area (Å²) in [6.45, 7) is 10.8. The number of aliphatic imine (C=N–C) groups is 1. The SMILES string of the molecule is CN=C(NCCCN(C)CCOC)N1CC(C)CC(C)C1.I. The standard InChI is InChI=1S/C16H34N4O.HI/c1-14-11-15(2)13-20(12-14)16(17-3)18-7-6-8-19(4)9-10-21-5;/h14-15H,6-13H2,1-5H3,(H,17,18);1H. The van der Waals surface area contributed by atoms with Crippen LogP contribution >= 0.6 is 24.0 Å². The van der Waals surface area contributed by atoms with Gasteiger partial charge >= 0.3 is 0 Å². The Kier molecular flexibility index (Phi) is 12.3. The molecule has 0 saturated carbocycles. The molecule has 1 saturated heterocycles. The highest BCUT2D eigenvalue weighted by Gasteiger charge is 2.23. The van der Waals surface area contributed by atoms with Crippen LogP contribution in [0.4, 0.5) is 0 Å². The monoisotopic (exact) mass is 426 g/mol. The fraction of sp³-hybridized carbons (Fsp3) is 0.938. The van der Waals surface area contributed by atoms with Crippen molar-refractivity contribution < 1.29 is 4.74 Å². The molecule has 1 aliphatic heterocycles. The summed E-state index contributed by atoms with van der Waals surface area (Å²) in [6, 6.07) is 0. The molecule has 22 heavy (non-hydrogen) atoms. The topological polar surface area (TPSA) is 40.1 Å². The number of hydrogen-bond donors (Lipinski definition) is 1. The lowest BCUT2D eigenvalue weighted by Gasteiger charge is -2.37. The Hall–Kier alpha value is -0.0800. The molecule has 1 aliphatic rings. The third-order valence-corrected chi connectivity index (χ3v) is 4.06. The van der Waals surface area contributed by atoms with Gasteiger partial charge < -0.3 is 19.9 Å². The molecule has 2 unspecified atom stereocenters. The average molecular weight is 426 g/mol. The molecule has 5 nitrogen and oxygen atoms in total. The van der Waals surface area contributed by atoms with Gasteiger partial charge in [0.05, 0.1) is 6.61 Å². The summed E-state index contributed by atoms with van der Waals surface area (Å²) in [5.41, 5.74) is 0. The van der Waals surface area contributed by atoms with Crippen LogP contribution in [0.2, 0.25) is 0 Å². The molecule has 6 heteroatoms. The number of nitrogens with one attached hydrogen (secondary N) is 1. The van der Waals surface area contributed by atoms with Crippen molar-refractivity contribution in [2.24, 2.45) is 16.8 Å². The number of likely N-dealkylation sites (tertiary alicyclic amines) is 1. The van der Waals surface area contributed by atoms with Crippen LogP contribution in [-0.4, -0.2) is 76.3 Å². The molecule has 1 rings (SSSR count). The van der Waals surface area contributed by atoms with Gasteiger partial charge in [-0.25, -0.2) is 0 Å². The summed E-state index contributed by atoms with van der Waals surface area (Å²) in [6.07, 6.45) is 2.45. The van der Waals surface area contributed by atoms with Gasteiger partial charge in [0.1, 0.15) is 0 Å². The molecular weight excluding hydrogens is 391 g/mol. The summed E-state index contributed by atoms with van der Waals surface area (Å²) in [7, 11) is 5.78. The van der Waals surface area contributed by atoms with E-state index in [1.165, 1.54) is 6.42 Å². The van der Waals surface area contributed by atoms with Crippen LogP contribution in [0.25, 0.3) is 0 Å². The van der Waals surface area contributed by atoms with Crippen molar-refractivity contribution >= 4 is 29.9 Å². The molecule has 1 N–H and O–H groups in total. The first kappa shape index (κ1) is 21.9. The van der Waals surface area contributed by atoms with E-state index in [2.05, 4.69) is 41.0 Å². The second-order valence-corrected chi connectivity index (χ2v) is 6.47. The van der Waals surface area contributed by atoms with Crippen LogP contribution in [-0.2, 0) is 4.74 Å². The Morgan fingerprint density at radius 3 is 2.45 bits per heavy atom. The number of piperidine rings is 1. The number of hydrogen-bond acceptors (Lipinski definition) is 3. The molecular formula is C16H35IN4O. The minimum atomic E-state index is 0. The number of halogens is 1. The van der Waals surface area contributed by atoms with Gasteiger partial charge in [0.25, 0.3) is 0 Å². The van der Waals surface area contributed by atoms with Crippen LogP contribution in [0.15, 0.2) is 4.99 Å². The number of ether oxygens (including phenoxy) is 1. The molecule has 0 spiro atoms. The fourth-order valence-electron chi connectivity index (χ4n) is 3.08. The molecule has 0 aromatic carbocycles. The van der Waals surface area contributed by atoms with Gasteiger partial charge in [-0.3, -0.25) is 4.99 Å². The van der Waals surface area contributed by atoms with Crippen molar-refractivity contribution in [1.82, 2.24) is 15.1 Å². The largest absolute Gasteiger partial charge is 0.383 e. The summed E-state index contributed by atoms with van der Waals surface area (Å²) in [5, 5.41) is 3.51. The Bertz CT molecular complexity index is 305. The van der Waals surface area contributed by atoms with Gasteiger partial charge in [-0.1, -0.05) is 13.8 Å². The summed E-state index contributed by atoms with van der Waals surface area (Å²) >= 11 is 0. The van der Waals surface area contributed by atoms with Gasteiger partial charge in [-0.2, -0.15) is 0 Å². The number of rotatable bonds is 7. The van der Waals surface area contributed by atoms with Crippen molar-refractivity contribution in [2.75, 3.05) is 60.5 Å². The Morgan fingerprint density at radius 1 is 1.27 bits per heavy atom. The maximum Gasteiger partial charge on any atom is 0.193 e. The van der Waals surface area contributed by atoms with E-state index in [4.69, 9.17) is 4.74 Å². The van der Waals surface area contributed by atoms with Crippen molar-refractivity contribution in [3.63, 3.8) is 0 Å². The second kappa shape index (κ2) is 12.4. The van der Waals surface area contributed by atoms with Crippen molar-refractivity contribution in [3.05, 3.63) is 0 Å². The van der Waals surface area contributed by atoms with Crippen molar-refractivity contribution in [1.29, 1.82) is 0 Å². The molecule has 0 aliphatic carbocycles. The Labute approximate surface area is 153 Å². The van der Waals surface area contributed by atoms with Crippen LogP contribution in [0.3, 0.4) is 0 Å². The highest BCUT2D eigenvalue weighted by atomic mass is 127. The van der Waals surface area contributed by atoms with E-state index in [9.17, 15) is 0 Å². The molecule has 0 amide bonds. The summed E-state index contributed by atoms with van der Waals surface area (Å²) in [5.74, 6) is 2.58. The van der Waals surface area contributed by atoms with Crippen LogP contribution in [0.1, 0.15) is 26.7 Å². The minimum absolute atomic E-state index is 0. The van der Waals surface area contributed by atoms with Crippen LogP contribution in [0, 0.1) is 11.8 Å². The number of guanidine groups is 1. The zero-order valence-electron chi connectivity index (χ0n) is 15.0. The quantitative estimate of drug-likeness (QED) is 0.293. The van der Waals surface area contributed by atoms with Gasteiger partial charge in [-0.15, -0.1) is 24.0 Å². The average Bonchev–Trinajstić information content (AvgIpc) is 2.44. The first-order valence-electron chi connectivity index (χ1n) is 8.19. The van der Waals surface area contributed by atoms with Gasteiger partial charge in [0.2, 0.25) is 0 Å². The number of nitrogens with zero attached hydrogens (tertiary/aromatic N) is 3. The molecule has 1 fully saturated rings. The van der Waals surface area contributed by atoms with Gasteiger partial charge in [-0.05, 0) is 38.3 Å². The van der Waals surface area contributed by atoms with Gasteiger partial charge in [0.15, 0.2) is 5.96 Å². The smallest absolute Gasteiger partial charge is 0.193 e. The summed E-state index contributed by atoms with van der Waals surface area (Å²) in [4.78, 5) is 9.16. The van der Waals surface area contributed by atoms with Gasteiger partial charge in [0, 0.05) is 40.3 Å². The predicted octanol–water partition coefficient (Wildman–Crippen LogP) is 2.13. The number of likely N-dealkylation sites (N-methyl/N-ethyl adjacent to an activating group) is 1. The number of methoxy groups -OCH3 is 1. The molecule has 1 heterocycles. The van der Waals surface area contributed by atoms with E-state index >= 15 is 0 Å².